The van der Waals surface area contributed by atoms with E-state index in [0.717, 1.165) is 18.9 Å². The van der Waals surface area contributed by atoms with Crippen LogP contribution in [-0.2, 0) is 0 Å². The Kier molecular flexibility index (Phi) is 7.48. The van der Waals surface area contributed by atoms with Crippen molar-refractivity contribution in [3.8, 4) is 0 Å². The zero-order chi connectivity index (χ0) is 17.2. The molecule has 4 rings (SSSR count). The number of anilines is 1. The topological polar surface area (TPSA) is 62.5 Å². The highest BCUT2D eigenvalue weighted by Gasteiger charge is 2.34. The zero-order valence-electron chi connectivity index (χ0n) is 15.2. The van der Waals surface area contributed by atoms with Crippen molar-refractivity contribution in [1.29, 1.82) is 0 Å². The first-order valence-corrected chi connectivity index (χ1v) is 9.03. The number of benzene rings is 1. The molecule has 0 spiro atoms. The molecule has 5 nitrogen and oxygen atoms in total. The molecule has 2 N–H and O–H groups in total. The predicted molar refractivity (Wildman–Crippen MR) is 113 cm³/mol. The van der Waals surface area contributed by atoms with Crippen molar-refractivity contribution in [2.75, 3.05) is 31.1 Å². The van der Waals surface area contributed by atoms with Crippen LogP contribution in [0.25, 0.3) is 0 Å². The minimum Gasteiger partial charge on any atom is -0.357 e. The molecule has 3 heterocycles. The van der Waals surface area contributed by atoms with Gasteiger partial charge in [0.05, 0.1) is 5.56 Å². The molecular formula is C20H26Cl2N4O. The van der Waals surface area contributed by atoms with E-state index in [1.54, 1.807) is 6.20 Å². The maximum Gasteiger partial charge on any atom is 0.255 e. The Morgan fingerprint density at radius 1 is 1.00 bits per heavy atom. The second-order valence-electron chi connectivity index (χ2n) is 6.99. The number of halogens is 2. The lowest BCUT2D eigenvalue weighted by molar-refractivity contribution is 0.0789. The number of nitrogens with zero attached hydrogens (tertiary/aromatic N) is 3. The molecular weight excluding hydrogens is 383 g/mol. The van der Waals surface area contributed by atoms with E-state index in [1.165, 1.54) is 18.4 Å². The van der Waals surface area contributed by atoms with Crippen LogP contribution in [0.4, 0.5) is 5.82 Å². The van der Waals surface area contributed by atoms with Crippen LogP contribution in [0.15, 0.2) is 48.7 Å². The Morgan fingerprint density at radius 3 is 2.33 bits per heavy atom. The third kappa shape index (κ3) is 4.54. The van der Waals surface area contributed by atoms with Crippen molar-refractivity contribution in [1.82, 2.24) is 9.88 Å². The van der Waals surface area contributed by atoms with Gasteiger partial charge in [0, 0.05) is 44.3 Å². The second kappa shape index (κ2) is 9.40. The van der Waals surface area contributed by atoms with Gasteiger partial charge < -0.3 is 15.5 Å². The van der Waals surface area contributed by atoms with Gasteiger partial charge in [-0.25, -0.2) is 4.98 Å². The van der Waals surface area contributed by atoms with Crippen molar-refractivity contribution in [3.05, 3.63) is 59.8 Å². The van der Waals surface area contributed by atoms with E-state index in [-0.39, 0.29) is 42.7 Å². The summed E-state index contributed by atoms with van der Waals surface area (Å²) in [5.41, 5.74) is 8.15. The van der Waals surface area contributed by atoms with Crippen LogP contribution >= 0.6 is 24.8 Å². The summed E-state index contributed by atoms with van der Waals surface area (Å²) in [7, 11) is 0. The Bertz CT molecular complexity index is 735. The van der Waals surface area contributed by atoms with E-state index in [9.17, 15) is 4.79 Å². The van der Waals surface area contributed by atoms with Gasteiger partial charge in [0.1, 0.15) is 5.82 Å². The highest BCUT2D eigenvalue weighted by molar-refractivity contribution is 5.94. The number of hydrogen-bond donors (Lipinski definition) is 1. The van der Waals surface area contributed by atoms with E-state index in [4.69, 9.17) is 5.73 Å². The minimum absolute atomic E-state index is 0. The normalized spacial score (nSPS) is 21.5. The van der Waals surface area contributed by atoms with Crippen LogP contribution in [-0.4, -0.2) is 48.0 Å². The van der Waals surface area contributed by atoms with Crippen LogP contribution < -0.4 is 10.6 Å². The quantitative estimate of drug-likeness (QED) is 0.847. The van der Waals surface area contributed by atoms with Crippen LogP contribution in [0.1, 0.15) is 34.7 Å². The molecule has 1 amide bonds. The fraction of sp³-hybridized carbons (Fsp3) is 0.400. The van der Waals surface area contributed by atoms with Crippen molar-refractivity contribution < 1.29 is 4.79 Å². The molecule has 1 aromatic carbocycles. The van der Waals surface area contributed by atoms with Gasteiger partial charge in [0.15, 0.2) is 0 Å². The molecule has 2 aliphatic heterocycles. The predicted octanol–water partition coefficient (Wildman–Crippen LogP) is 3.09. The van der Waals surface area contributed by atoms with Gasteiger partial charge in [-0.15, -0.1) is 24.8 Å². The first kappa shape index (κ1) is 21.5. The lowest BCUT2D eigenvalue weighted by Gasteiger charge is -2.18. The minimum atomic E-state index is -0.0248. The molecule has 1 aromatic heterocycles. The van der Waals surface area contributed by atoms with Crippen LogP contribution in [0.2, 0.25) is 0 Å². The van der Waals surface area contributed by atoms with Crippen molar-refractivity contribution >= 4 is 36.5 Å². The van der Waals surface area contributed by atoms with E-state index in [0.29, 0.717) is 18.7 Å². The number of carbonyl (C=O) groups excluding carboxylic acids is 1. The van der Waals surface area contributed by atoms with Crippen LogP contribution in [0.5, 0.6) is 0 Å². The van der Waals surface area contributed by atoms with Crippen LogP contribution in [0.3, 0.4) is 0 Å². The standard InChI is InChI=1S/C20H24N4O.2ClH/c21-18-14-24(13-17(18)15-6-2-1-3-7-15)20(25)16-8-9-19(22-12-16)23-10-4-5-11-23;;/h1-3,6-9,12,17-18H,4-5,10-11,13-14,21H2;2*1H/t17-,18+;;/m0../s1. The molecule has 2 saturated heterocycles. The van der Waals surface area contributed by atoms with Gasteiger partial charge >= 0.3 is 0 Å². The Labute approximate surface area is 172 Å². The summed E-state index contributed by atoms with van der Waals surface area (Å²) in [6, 6.07) is 14.0. The number of nitrogens with two attached hydrogens (primary N) is 1. The molecule has 0 saturated carbocycles. The molecule has 0 radical (unpaired) electrons. The molecule has 2 aliphatic rings. The van der Waals surface area contributed by atoms with Gasteiger partial charge in [-0.05, 0) is 30.5 Å². The summed E-state index contributed by atoms with van der Waals surface area (Å²) in [5, 5.41) is 0. The molecule has 2 aromatic rings. The second-order valence-corrected chi connectivity index (χ2v) is 6.99. The summed E-state index contributed by atoms with van der Waals surface area (Å²) >= 11 is 0. The lowest BCUT2D eigenvalue weighted by atomic mass is 9.95. The van der Waals surface area contributed by atoms with Gasteiger partial charge in [0.25, 0.3) is 5.91 Å². The van der Waals surface area contributed by atoms with Gasteiger partial charge in [-0.3, -0.25) is 4.79 Å². The first-order valence-electron chi connectivity index (χ1n) is 9.03. The Morgan fingerprint density at radius 2 is 1.70 bits per heavy atom. The number of carbonyl (C=O) groups is 1. The number of aromatic nitrogens is 1. The van der Waals surface area contributed by atoms with Crippen LogP contribution in [0, 0.1) is 0 Å². The van der Waals surface area contributed by atoms with E-state index >= 15 is 0 Å². The molecule has 2 atom stereocenters. The molecule has 2 fully saturated rings. The van der Waals surface area contributed by atoms with Gasteiger partial charge in [-0.2, -0.15) is 0 Å². The van der Waals surface area contributed by atoms with Gasteiger partial charge in [0.2, 0.25) is 0 Å². The summed E-state index contributed by atoms with van der Waals surface area (Å²) < 4.78 is 0. The number of amides is 1. The molecule has 0 unspecified atom stereocenters. The SMILES string of the molecule is Cl.Cl.N[C@@H]1CN(C(=O)c2ccc(N3CCCC3)nc2)C[C@H]1c1ccccc1. The maximum absolute atomic E-state index is 12.8. The third-order valence-corrected chi connectivity index (χ3v) is 5.30. The van der Waals surface area contributed by atoms with E-state index < -0.39 is 0 Å². The third-order valence-electron chi connectivity index (χ3n) is 5.30. The molecule has 146 valence electrons. The highest BCUT2D eigenvalue weighted by Crippen LogP contribution is 2.27. The largest absolute Gasteiger partial charge is 0.357 e. The average molecular weight is 409 g/mol. The maximum atomic E-state index is 12.8. The number of likely N-dealkylation sites (tertiary alicyclic amines) is 1. The Hall–Kier alpha value is -1.82. The fourth-order valence-corrected chi connectivity index (χ4v) is 3.88. The summed E-state index contributed by atoms with van der Waals surface area (Å²) in [6.45, 7) is 3.37. The zero-order valence-corrected chi connectivity index (χ0v) is 16.8. The summed E-state index contributed by atoms with van der Waals surface area (Å²) in [5.74, 6) is 1.19. The monoisotopic (exact) mass is 408 g/mol. The van der Waals surface area contributed by atoms with Crippen molar-refractivity contribution in [2.45, 2.75) is 24.8 Å². The Balaban J connectivity index is 0.00000131. The molecule has 27 heavy (non-hydrogen) atoms. The van der Waals surface area contributed by atoms with E-state index in [1.807, 2.05) is 35.2 Å². The summed E-state index contributed by atoms with van der Waals surface area (Å²) in [4.78, 5) is 21.4. The lowest BCUT2D eigenvalue weighted by Crippen LogP contribution is -2.32. The van der Waals surface area contributed by atoms with Gasteiger partial charge in [-0.1, -0.05) is 30.3 Å². The highest BCUT2D eigenvalue weighted by atomic mass is 35.5. The smallest absolute Gasteiger partial charge is 0.255 e. The van der Waals surface area contributed by atoms with Crippen molar-refractivity contribution in [2.24, 2.45) is 5.73 Å². The molecule has 0 bridgehead atoms. The number of rotatable bonds is 3. The molecule has 7 heteroatoms. The number of pyridine rings is 1. The fourth-order valence-electron chi connectivity index (χ4n) is 3.88. The van der Waals surface area contributed by atoms with E-state index in [2.05, 4.69) is 22.0 Å². The first-order chi connectivity index (χ1) is 12.2. The van der Waals surface area contributed by atoms with Crippen molar-refractivity contribution in [3.63, 3.8) is 0 Å². The average Bonchev–Trinajstić information content (AvgIpc) is 3.32. The number of hydrogen-bond acceptors (Lipinski definition) is 4. The summed E-state index contributed by atoms with van der Waals surface area (Å²) in [6.07, 6.45) is 4.14. The molecule has 0 aliphatic carbocycles.